The summed E-state index contributed by atoms with van der Waals surface area (Å²) in [5, 5.41) is 0. The largest absolute Gasteiger partial charge is 0.461 e. The maximum absolute atomic E-state index is 11.9. The second-order valence-corrected chi connectivity index (χ2v) is 5.49. The van der Waals surface area contributed by atoms with Gasteiger partial charge in [-0.05, 0) is 32.4 Å². The predicted octanol–water partition coefficient (Wildman–Crippen LogP) is 1.55. The van der Waals surface area contributed by atoms with E-state index < -0.39 is 5.97 Å². The zero-order chi connectivity index (χ0) is 15.4. The lowest BCUT2D eigenvalue weighted by molar-refractivity contribution is 0.0521. The molecule has 1 aliphatic heterocycles. The molecule has 0 radical (unpaired) electrons. The molecule has 6 heteroatoms. The van der Waals surface area contributed by atoms with E-state index in [1.807, 2.05) is 11.5 Å². The highest BCUT2D eigenvalue weighted by molar-refractivity contribution is 5.92. The van der Waals surface area contributed by atoms with Crippen LogP contribution in [0.2, 0.25) is 0 Å². The molecule has 118 valence electrons. The second-order valence-electron chi connectivity index (χ2n) is 5.49. The number of esters is 1. The van der Waals surface area contributed by atoms with Gasteiger partial charge in [0.25, 0.3) is 0 Å². The molecule has 2 heterocycles. The molecule has 0 bridgehead atoms. The highest BCUT2D eigenvalue weighted by Gasteiger charge is 2.26. The van der Waals surface area contributed by atoms with Crippen molar-refractivity contribution < 1.29 is 9.53 Å². The van der Waals surface area contributed by atoms with Crippen molar-refractivity contribution in [1.29, 1.82) is 0 Å². The average molecular weight is 294 g/mol. The smallest absolute Gasteiger partial charge is 0.360 e. The number of hydrogen-bond acceptors (Lipinski definition) is 5. The van der Waals surface area contributed by atoms with Gasteiger partial charge < -0.3 is 19.9 Å². The molecule has 0 spiro atoms. The molecule has 2 rings (SSSR count). The molecule has 21 heavy (non-hydrogen) atoms. The molecule has 0 saturated carbocycles. The van der Waals surface area contributed by atoms with Crippen molar-refractivity contribution in [2.75, 3.05) is 32.0 Å². The minimum atomic E-state index is -0.426. The third-order valence-corrected chi connectivity index (χ3v) is 4.13. The number of nitrogen functional groups attached to an aromatic ring is 1. The van der Waals surface area contributed by atoms with Crippen LogP contribution in [0.15, 0.2) is 0 Å². The maximum Gasteiger partial charge on any atom is 0.360 e. The molecule has 1 unspecified atom stereocenters. The highest BCUT2D eigenvalue weighted by atomic mass is 16.5. The van der Waals surface area contributed by atoms with Gasteiger partial charge in [-0.1, -0.05) is 13.8 Å². The number of carbonyl (C=O) groups excluding carboxylic acids is 1. The molecule has 1 atom stereocenters. The van der Waals surface area contributed by atoms with Crippen LogP contribution in [-0.4, -0.2) is 46.7 Å². The lowest BCUT2D eigenvalue weighted by atomic mass is 10.1. The molecular formula is C15H26N4O2. The first-order valence-electron chi connectivity index (χ1n) is 7.84. The fourth-order valence-electron chi connectivity index (χ4n) is 2.94. The molecule has 1 aromatic rings. The molecule has 0 aromatic carbocycles. The Balaban J connectivity index is 2.17. The Morgan fingerprint density at radius 2 is 2.19 bits per heavy atom. The Hall–Kier alpha value is -1.56. The number of rotatable bonds is 6. The van der Waals surface area contributed by atoms with E-state index in [4.69, 9.17) is 10.5 Å². The highest BCUT2D eigenvalue weighted by Crippen LogP contribution is 2.23. The second kappa shape index (κ2) is 6.93. The number of nitrogens with zero attached hydrogens (tertiary/aromatic N) is 3. The Labute approximate surface area is 126 Å². The van der Waals surface area contributed by atoms with E-state index in [2.05, 4.69) is 16.8 Å². The van der Waals surface area contributed by atoms with Gasteiger partial charge in [0.15, 0.2) is 5.69 Å². The van der Waals surface area contributed by atoms with Crippen molar-refractivity contribution in [2.24, 2.45) is 5.92 Å². The van der Waals surface area contributed by atoms with Gasteiger partial charge in [0.05, 0.1) is 6.61 Å². The van der Waals surface area contributed by atoms with Gasteiger partial charge in [0.2, 0.25) is 0 Å². The van der Waals surface area contributed by atoms with Gasteiger partial charge in [0, 0.05) is 19.5 Å². The predicted molar refractivity (Wildman–Crippen MR) is 82.2 cm³/mol. The van der Waals surface area contributed by atoms with Crippen molar-refractivity contribution in [2.45, 2.75) is 40.2 Å². The first-order valence-corrected chi connectivity index (χ1v) is 7.84. The normalized spacial score (nSPS) is 19.1. The van der Waals surface area contributed by atoms with Crippen LogP contribution in [-0.2, 0) is 17.7 Å². The maximum atomic E-state index is 11.9. The molecule has 1 saturated heterocycles. The van der Waals surface area contributed by atoms with Crippen LogP contribution in [0.3, 0.4) is 0 Å². The fraction of sp³-hybridized carbons (Fsp3) is 0.733. The van der Waals surface area contributed by atoms with Gasteiger partial charge in [-0.15, -0.1) is 0 Å². The van der Waals surface area contributed by atoms with Crippen LogP contribution in [0.25, 0.3) is 0 Å². The summed E-state index contributed by atoms with van der Waals surface area (Å²) in [4.78, 5) is 18.7. The number of carbonyl (C=O) groups is 1. The number of likely N-dealkylation sites (tertiary alicyclic amines) is 1. The standard InChI is InChI=1S/C15H26N4O2/c1-4-12-17-13(15(20)21-6-3)14(16)19(12)10-11-7-8-18(5-2)9-11/h11H,4-10,16H2,1-3H3. The molecule has 0 aliphatic carbocycles. The molecule has 0 amide bonds. The summed E-state index contributed by atoms with van der Waals surface area (Å²) in [7, 11) is 0. The van der Waals surface area contributed by atoms with Crippen LogP contribution in [0.4, 0.5) is 5.82 Å². The van der Waals surface area contributed by atoms with E-state index in [9.17, 15) is 4.79 Å². The number of nitrogens with two attached hydrogens (primary N) is 1. The Morgan fingerprint density at radius 3 is 2.76 bits per heavy atom. The van der Waals surface area contributed by atoms with Crippen molar-refractivity contribution in [3.05, 3.63) is 11.5 Å². The molecule has 1 aliphatic rings. The number of ether oxygens (including phenoxy) is 1. The van der Waals surface area contributed by atoms with Gasteiger partial charge in [-0.3, -0.25) is 0 Å². The summed E-state index contributed by atoms with van der Waals surface area (Å²) in [6.07, 6.45) is 1.93. The van der Waals surface area contributed by atoms with E-state index in [1.54, 1.807) is 6.92 Å². The van der Waals surface area contributed by atoms with Gasteiger partial charge in [-0.25, -0.2) is 9.78 Å². The SMILES string of the molecule is CCOC(=O)c1nc(CC)n(CC2CCN(CC)C2)c1N. The number of imidazole rings is 1. The molecule has 1 fully saturated rings. The van der Waals surface area contributed by atoms with Crippen molar-refractivity contribution in [1.82, 2.24) is 14.5 Å². The topological polar surface area (TPSA) is 73.4 Å². The van der Waals surface area contributed by atoms with Gasteiger partial charge in [0.1, 0.15) is 11.6 Å². The van der Waals surface area contributed by atoms with Crippen molar-refractivity contribution in [3.8, 4) is 0 Å². The Kier molecular flexibility index (Phi) is 5.22. The number of hydrogen-bond donors (Lipinski definition) is 1. The summed E-state index contributed by atoms with van der Waals surface area (Å²) >= 11 is 0. The number of anilines is 1. The minimum absolute atomic E-state index is 0.263. The fourth-order valence-corrected chi connectivity index (χ4v) is 2.94. The zero-order valence-electron chi connectivity index (χ0n) is 13.3. The first kappa shape index (κ1) is 15.8. The molecule has 2 N–H and O–H groups in total. The van der Waals surface area contributed by atoms with Gasteiger partial charge >= 0.3 is 5.97 Å². The summed E-state index contributed by atoms with van der Waals surface area (Å²) in [5.41, 5.74) is 6.41. The quantitative estimate of drug-likeness (QED) is 0.806. The average Bonchev–Trinajstić information content (AvgIpc) is 3.05. The summed E-state index contributed by atoms with van der Waals surface area (Å²) in [6, 6.07) is 0. The van der Waals surface area contributed by atoms with E-state index in [0.29, 0.717) is 18.3 Å². The van der Waals surface area contributed by atoms with E-state index in [1.165, 1.54) is 6.42 Å². The van der Waals surface area contributed by atoms with Crippen LogP contribution < -0.4 is 5.73 Å². The van der Waals surface area contributed by atoms with Crippen molar-refractivity contribution >= 4 is 11.8 Å². The van der Waals surface area contributed by atoms with Crippen LogP contribution >= 0.6 is 0 Å². The number of aromatic nitrogens is 2. The van der Waals surface area contributed by atoms with Gasteiger partial charge in [-0.2, -0.15) is 0 Å². The Bertz CT molecular complexity index is 498. The molecular weight excluding hydrogens is 268 g/mol. The van der Waals surface area contributed by atoms with E-state index >= 15 is 0 Å². The molecule has 6 nitrogen and oxygen atoms in total. The summed E-state index contributed by atoms with van der Waals surface area (Å²) in [5.74, 6) is 1.46. The van der Waals surface area contributed by atoms with E-state index in [-0.39, 0.29) is 5.69 Å². The summed E-state index contributed by atoms with van der Waals surface area (Å²) < 4.78 is 7.02. The minimum Gasteiger partial charge on any atom is -0.461 e. The lowest BCUT2D eigenvalue weighted by Crippen LogP contribution is -2.22. The summed E-state index contributed by atoms with van der Waals surface area (Å²) in [6.45, 7) is 10.5. The molecule has 1 aromatic heterocycles. The lowest BCUT2D eigenvalue weighted by Gasteiger charge is -2.16. The monoisotopic (exact) mass is 294 g/mol. The Morgan fingerprint density at radius 1 is 1.43 bits per heavy atom. The van der Waals surface area contributed by atoms with Crippen LogP contribution in [0.1, 0.15) is 43.5 Å². The first-order chi connectivity index (χ1) is 10.1. The van der Waals surface area contributed by atoms with Crippen LogP contribution in [0.5, 0.6) is 0 Å². The third kappa shape index (κ3) is 3.37. The van der Waals surface area contributed by atoms with E-state index in [0.717, 1.165) is 38.4 Å². The van der Waals surface area contributed by atoms with Crippen molar-refractivity contribution in [3.63, 3.8) is 0 Å². The zero-order valence-corrected chi connectivity index (χ0v) is 13.3. The number of aryl methyl sites for hydroxylation is 1. The third-order valence-electron chi connectivity index (χ3n) is 4.13. The van der Waals surface area contributed by atoms with Crippen LogP contribution in [0, 0.1) is 5.92 Å².